The number of carbonyl (C=O) groups is 2. The minimum atomic E-state index is -3.57. The van der Waals surface area contributed by atoms with Gasteiger partial charge in [-0.3, -0.25) is 10.1 Å². The van der Waals surface area contributed by atoms with E-state index in [1.54, 1.807) is 19.9 Å². The number of hydrogen-bond donors (Lipinski definition) is 3. The number of quaternary nitrogens is 1. The number of amides is 3. The fourth-order valence-corrected chi connectivity index (χ4v) is 5.10. The number of hydrogen-bond acceptors (Lipinski definition) is 4. The van der Waals surface area contributed by atoms with E-state index in [0.29, 0.717) is 31.1 Å². The Kier molecular flexibility index (Phi) is 7.08. The van der Waals surface area contributed by atoms with Gasteiger partial charge in [-0.2, -0.15) is 4.31 Å². The summed E-state index contributed by atoms with van der Waals surface area (Å²) >= 11 is 0. The van der Waals surface area contributed by atoms with Gasteiger partial charge in [0.05, 0.1) is 31.1 Å². The lowest BCUT2D eigenvalue weighted by molar-refractivity contribution is -0.917. The van der Waals surface area contributed by atoms with Crippen LogP contribution in [0.15, 0.2) is 23.1 Å². The van der Waals surface area contributed by atoms with Crippen molar-refractivity contribution < 1.29 is 22.9 Å². The lowest BCUT2D eigenvalue weighted by Crippen LogP contribution is -3.19. The lowest BCUT2D eigenvalue weighted by atomic mass is 10.1. The Balaban J connectivity index is 1.98. The highest BCUT2D eigenvalue weighted by atomic mass is 32.2. The van der Waals surface area contributed by atoms with Crippen LogP contribution in [0.2, 0.25) is 0 Å². The molecule has 1 aliphatic heterocycles. The molecule has 0 spiro atoms. The molecule has 9 heteroatoms. The standard InChI is InChI=1S/C20H32N4O4S/c1-14-7-8-15(2)17(13-14)29(27,28)24-11-9-23(10-12-24)16(3)18(25)21-19(26)22-20(4,5)6/h7-8,13,16H,9-12H2,1-6H3,(H2,21,22,25,26)/p+1/t16-/m0/s1. The predicted octanol–water partition coefficient (Wildman–Crippen LogP) is 0.205. The highest BCUT2D eigenvalue weighted by Gasteiger charge is 2.35. The van der Waals surface area contributed by atoms with Crippen molar-refractivity contribution in [3.63, 3.8) is 0 Å². The molecule has 1 atom stereocenters. The van der Waals surface area contributed by atoms with Crippen molar-refractivity contribution in [2.45, 2.75) is 58.0 Å². The molecule has 8 nitrogen and oxygen atoms in total. The molecule has 1 saturated heterocycles. The second-order valence-electron chi connectivity index (χ2n) is 8.75. The van der Waals surface area contributed by atoms with Crippen molar-refractivity contribution in [2.75, 3.05) is 26.2 Å². The molecule has 1 aromatic carbocycles. The van der Waals surface area contributed by atoms with Crippen LogP contribution in [0, 0.1) is 13.8 Å². The Morgan fingerprint density at radius 1 is 1.14 bits per heavy atom. The molecule has 1 aliphatic rings. The van der Waals surface area contributed by atoms with Gasteiger partial charge < -0.3 is 10.2 Å². The van der Waals surface area contributed by atoms with Crippen molar-refractivity contribution in [2.24, 2.45) is 0 Å². The van der Waals surface area contributed by atoms with E-state index in [0.717, 1.165) is 16.0 Å². The number of urea groups is 1. The van der Waals surface area contributed by atoms with Gasteiger partial charge >= 0.3 is 6.03 Å². The summed E-state index contributed by atoms with van der Waals surface area (Å²) in [5, 5.41) is 5.07. The number of aryl methyl sites for hydroxylation is 2. The van der Waals surface area contributed by atoms with E-state index in [1.807, 2.05) is 39.8 Å². The number of nitrogens with one attached hydrogen (secondary N) is 3. The van der Waals surface area contributed by atoms with E-state index in [1.165, 1.54) is 4.31 Å². The zero-order chi connectivity index (χ0) is 22.0. The van der Waals surface area contributed by atoms with Crippen molar-refractivity contribution in [1.82, 2.24) is 14.9 Å². The maximum absolute atomic E-state index is 13.0. The molecule has 0 radical (unpaired) electrons. The molecule has 162 valence electrons. The molecular weight excluding hydrogens is 392 g/mol. The molecule has 1 fully saturated rings. The van der Waals surface area contributed by atoms with Crippen LogP contribution in [0.25, 0.3) is 0 Å². The lowest BCUT2D eigenvalue weighted by Gasteiger charge is -2.34. The largest absolute Gasteiger partial charge is 0.333 e. The fraction of sp³-hybridized carbons (Fsp3) is 0.600. The number of piperazine rings is 1. The van der Waals surface area contributed by atoms with Gasteiger partial charge in [0, 0.05) is 5.54 Å². The van der Waals surface area contributed by atoms with Crippen LogP contribution in [-0.4, -0.2) is 62.4 Å². The summed E-state index contributed by atoms with van der Waals surface area (Å²) in [5.41, 5.74) is 1.19. The van der Waals surface area contributed by atoms with Gasteiger partial charge in [0.1, 0.15) is 0 Å². The van der Waals surface area contributed by atoms with E-state index in [4.69, 9.17) is 0 Å². The normalized spacial score (nSPS) is 17.6. The van der Waals surface area contributed by atoms with Crippen LogP contribution < -0.4 is 15.5 Å². The molecule has 3 N–H and O–H groups in total. The number of rotatable bonds is 4. The van der Waals surface area contributed by atoms with Gasteiger partial charge in [-0.05, 0) is 58.7 Å². The molecule has 1 aromatic rings. The summed E-state index contributed by atoms with van der Waals surface area (Å²) in [5.74, 6) is -0.368. The maximum Gasteiger partial charge on any atom is 0.322 e. The molecule has 0 saturated carbocycles. The molecule has 0 aliphatic carbocycles. The van der Waals surface area contributed by atoms with Crippen LogP contribution in [0.5, 0.6) is 0 Å². The van der Waals surface area contributed by atoms with Crippen molar-refractivity contribution in [3.8, 4) is 0 Å². The molecule has 29 heavy (non-hydrogen) atoms. The second kappa shape index (κ2) is 8.81. The van der Waals surface area contributed by atoms with Crippen LogP contribution in [0.4, 0.5) is 4.79 Å². The monoisotopic (exact) mass is 425 g/mol. The average molecular weight is 426 g/mol. The SMILES string of the molecule is Cc1ccc(C)c(S(=O)(=O)N2CC[NH+]([C@@H](C)C(=O)NC(=O)NC(C)(C)C)CC2)c1. The van der Waals surface area contributed by atoms with Crippen LogP contribution in [0.1, 0.15) is 38.8 Å². The minimum Gasteiger partial charge on any atom is -0.333 e. The Hall–Kier alpha value is -1.97. The number of imide groups is 1. The Bertz CT molecular complexity index is 869. The summed E-state index contributed by atoms with van der Waals surface area (Å²) in [6.07, 6.45) is 0. The molecule has 1 heterocycles. The number of sulfonamides is 1. The zero-order valence-corrected chi connectivity index (χ0v) is 18.9. The highest BCUT2D eigenvalue weighted by Crippen LogP contribution is 2.21. The second-order valence-corrected chi connectivity index (χ2v) is 10.7. The maximum atomic E-state index is 13.0. The summed E-state index contributed by atoms with van der Waals surface area (Å²) in [7, 11) is -3.57. The number of benzene rings is 1. The summed E-state index contributed by atoms with van der Waals surface area (Å²) in [6.45, 7) is 12.6. The first-order chi connectivity index (χ1) is 13.3. The minimum absolute atomic E-state index is 0.330. The third kappa shape index (κ3) is 6.01. The Morgan fingerprint density at radius 3 is 2.28 bits per heavy atom. The topological polar surface area (TPSA) is 100 Å². The summed E-state index contributed by atoms with van der Waals surface area (Å²) < 4.78 is 27.5. The summed E-state index contributed by atoms with van der Waals surface area (Å²) in [6, 6.07) is 4.44. The zero-order valence-electron chi connectivity index (χ0n) is 18.1. The van der Waals surface area contributed by atoms with E-state index < -0.39 is 27.6 Å². The third-order valence-electron chi connectivity index (χ3n) is 5.06. The first-order valence-electron chi connectivity index (χ1n) is 9.86. The van der Waals surface area contributed by atoms with Gasteiger partial charge in [-0.25, -0.2) is 13.2 Å². The fourth-order valence-electron chi connectivity index (χ4n) is 3.35. The average Bonchev–Trinajstić information content (AvgIpc) is 2.61. The molecule has 0 unspecified atom stereocenters. The number of nitrogens with zero attached hydrogens (tertiary/aromatic N) is 1. The summed E-state index contributed by atoms with van der Waals surface area (Å²) in [4.78, 5) is 25.6. The predicted molar refractivity (Wildman–Crippen MR) is 111 cm³/mol. The van der Waals surface area contributed by atoms with E-state index >= 15 is 0 Å². The van der Waals surface area contributed by atoms with E-state index in [2.05, 4.69) is 10.6 Å². The van der Waals surface area contributed by atoms with Gasteiger partial charge in [-0.1, -0.05) is 12.1 Å². The Labute approximate surface area is 173 Å². The van der Waals surface area contributed by atoms with Crippen LogP contribution >= 0.6 is 0 Å². The van der Waals surface area contributed by atoms with Gasteiger partial charge in [0.15, 0.2) is 6.04 Å². The first-order valence-corrected chi connectivity index (χ1v) is 11.3. The van der Waals surface area contributed by atoms with Gasteiger partial charge in [0.25, 0.3) is 5.91 Å². The highest BCUT2D eigenvalue weighted by molar-refractivity contribution is 7.89. The van der Waals surface area contributed by atoms with E-state index in [-0.39, 0.29) is 5.91 Å². The van der Waals surface area contributed by atoms with Crippen LogP contribution in [-0.2, 0) is 14.8 Å². The van der Waals surface area contributed by atoms with Gasteiger partial charge in [0.2, 0.25) is 10.0 Å². The van der Waals surface area contributed by atoms with E-state index in [9.17, 15) is 18.0 Å². The van der Waals surface area contributed by atoms with Crippen molar-refractivity contribution in [1.29, 1.82) is 0 Å². The smallest absolute Gasteiger partial charge is 0.322 e. The molecule has 3 amide bonds. The first kappa shape index (κ1) is 23.3. The van der Waals surface area contributed by atoms with Crippen molar-refractivity contribution >= 4 is 22.0 Å². The molecule has 2 rings (SSSR count). The molecular formula is C20H33N4O4S+. The molecule has 0 bridgehead atoms. The van der Waals surface area contributed by atoms with Gasteiger partial charge in [-0.15, -0.1) is 0 Å². The quantitative estimate of drug-likeness (QED) is 0.642. The third-order valence-corrected chi connectivity index (χ3v) is 7.10. The number of carbonyl (C=O) groups excluding carboxylic acids is 2. The Morgan fingerprint density at radius 2 is 1.72 bits per heavy atom. The molecule has 0 aromatic heterocycles. The van der Waals surface area contributed by atoms with Crippen LogP contribution in [0.3, 0.4) is 0 Å². The van der Waals surface area contributed by atoms with Crippen molar-refractivity contribution in [3.05, 3.63) is 29.3 Å².